The van der Waals surface area contributed by atoms with Gasteiger partial charge in [0.05, 0.1) is 18.8 Å². The summed E-state index contributed by atoms with van der Waals surface area (Å²) >= 11 is 0. The number of morpholine rings is 1. The van der Waals surface area contributed by atoms with Crippen molar-refractivity contribution in [3.8, 4) is 6.07 Å². The predicted octanol–water partition coefficient (Wildman–Crippen LogP) is 2.00. The fraction of sp³-hybridized carbons (Fsp3) is 0.478. The van der Waals surface area contributed by atoms with Gasteiger partial charge in [-0.3, -0.25) is 14.0 Å². The average molecular weight is 422 g/mol. The lowest BCUT2D eigenvalue weighted by Gasteiger charge is -2.32. The number of aryl methyl sites for hydroxylation is 1. The number of aromatic nitrogens is 2. The fourth-order valence-corrected chi connectivity index (χ4v) is 4.11. The topological polar surface area (TPSA) is 90.9 Å². The Kier molecular flexibility index (Phi) is 6.05. The van der Waals surface area contributed by atoms with E-state index in [1.54, 1.807) is 17.2 Å². The first kappa shape index (κ1) is 21.1. The molecule has 1 amide bonds. The van der Waals surface area contributed by atoms with E-state index < -0.39 is 0 Å². The molecule has 0 bridgehead atoms. The number of fused-ring (bicyclic) bond motifs is 1. The number of carbonyl (C=O) groups excluding carboxylic acids is 1. The second-order valence-electron chi connectivity index (χ2n) is 8.28. The molecule has 0 unspecified atom stereocenters. The molecule has 4 rings (SSSR count). The van der Waals surface area contributed by atoms with Crippen molar-refractivity contribution < 1.29 is 9.53 Å². The van der Waals surface area contributed by atoms with E-state index >= 15 is 0 Å². The number of hydrogen-bond acceptors (Lipinski definition) is 6. The number of ether oxygens (including phenoxy) is 1. The fourth-order valence-electron chi connectivity index (χ4n) is 4.11. The molecule has 0 aliphatic carbocycles. The van der Waals surface area contributed by atoms with E-state index in [2.05, 4.69) is 11.8 Å². The van der Waals surface area contributed by atoms with Crippen LogP contribution >= 0.6 is 0 Å². The summed E-state index contributed by atoms with van der Waals surface area (Å²) in [6.45, 7) is 7.47. The molecule has 8 nitrogen and oxygen atoms in total. The normalized spacial score (nSPS) is 18.3. The maximum absolute atomic E-state index is 13.5. The summed E-state index contributed by atoms with van der Waals surface area (Å²) in [5.41, 5.74) is 1.45. The molecule has 0 spiro atoms. The Morgan fingerprint density at radius 2 is 1.97 bits per heavy atom. The van der Waals surface area contributed by atoms with Gasteiger partial charge in [-0.05, 0) is 43.4 Å². The van der Waals surface area contributed by atoms with Crippen LogP contribution < -0.4 is 10.5 Å². The Balaban J connectivity index is 1.84. The molecule has 2 saturated heterocycles. The van der Waals surface area contributed by atoms with Crippen molar-refractivity contribution in [2.75, 3.05) is 44.3 Å². The first-order valence-electron chi connectivity index (χ1n) is 10.8. The van der Waals surface area contributed by atoms with Crippen LogP contribution in [0.3, 0.4) is 0 Å². The molecular weight excluding hydrogens is 394 g/mol. The van der Waals surface area contributed by atoms with Crippen molar-refractivity contribution >= 4 is 23.4 Å². The van der Waals surface area contributed by atoms with Gasteiger partial charge in [0, 0.05) is 32.4 Å². The summed E-state index contributed by atoms with van der Waals surface area (Å²) in [4.78, 5) is 34.9. The SMILES string of the molecule is Cc1cccn2c(=O)c(/C=C(\C#N)C(=O)N3CCOCC3)c(N3CCC(C)CC3)nc12. The van der Waals surface area contributed by atoms with Crippen molar-refractivity contribution in [2.45, 2.75) is 26.7 Å². The molecule has 8 heteroatoms. The van der Waals surface area contributed by atoms with Gasteiger partial charge in [-0.25, -0.2) is 4.98 Å². The predicted molar refractivity (Wildman–Crippen MR) is 118 cm³/mol. The number of rotatable bonds is 3. The van der Waals surface area contributed by atoms with Gasteiger partial charge >= 0.3 is 0 Å². The molecule has 0 aromatic carbocycles. The number of amides is 1. The molecule has 0 radical (unpaired) electrons. The van der Waals surface area contributed by atoms with Crippen LogP contribution in [0, 0.1) is 24.2 Å². The Hall–Kier alpha value is -3.18. The smallest absolute Gasteiger partial charge is 0.267 e. The molecule has 31 heavy (non-hydrogen) atoms. The maximum atomic E-state index is 13.5. The second-order valence-corrected chi connectivity index (χ2v) is 8.28. The highest BCUT2D eigenvalue weighted by Gasteiger charge is 2.25. The number of pyridine rings is 1. The zero-order valence-corrected chi connectivity index (χ0v) is 18.0. The lowest BCUT2D eigenvalue weighted by Crippen LogP contribution is -2.41. The number of carbonyl (C=O) groups is 1. The summed E-state index contributed by atoms with van der Waals surface area (Å²) in [5.74, 6) is 0.794. The van der Waals surface area contributed by atoms with E-state index in [-0.39, 0.29) is 22.6 Å². The van der Waals surface area contributed by atoms with Crippen molar-refractivity contribution in [3.63, 3.8) is 0 Å². The highest BCUT2D eigenvalue weighted by molar-refractivity contribution is 6.02. The monoisotopic (exact) mass is 421 g/mol. The average Bonchev–Trinajstić information content (AvgIpc) is 2.80. The lowest BCUT2D eigenvalue weighted by atomic mass is 9.99. The van der Waals surface area contributed by atoms with Crippen LogP contribution in [-0.4, -0.2) is 59.6 Å². The summed E-state index contributed by atoms with van der Waals surface area (Å²) in [6, 6.07) is 5.72. The van der Waals surface area contributed by atoms with E-state index in [0.717, 1.165) is 31.5 Å². The third kappa shape index (κ3) is 4.19. The molecule has 0 N–H and O–H groups in total. The van der Waals surface area contributed by atoms with Crippen LogP contribution in [0.1, 0.15) is 30.9 Å². The van der Waals surface area contributed by atoms with Gasteiger partial charge in [-0.2, -0.15) is 5.26 Å². The molecule has 0 atom stereocenters. The molecule has 4 heterocycles. The summed E-state index contributed by atoms with van der Waals surface area (Å²) < 4.78 is 6.79. The minimum absolute atomic E-state index is 0.0555. The van der Waals surface area contributed by atoms with Gasteiger partial charge in [-0.15, -0.1) is 0 Å². The van der Waals surface area contributed by atoms with Crippen LogP contribution in [0.5, 0.6) is 0 Å². The van der Waals surface area contributed by atoms with Crippen molar-refractivity contribution in [3.05, 3.63) is 45.4 Å². The lowest BCUT2D eigenvalue weighted by molar-refractivity contribution is -0.130. The Morgan fingerprint density at radius 1 is 1.26 bits per heavy atom. The number of anilines is 1. The van der Waals surface area contributed by atoms with E-state index in [0.29, 0.717) is 43.7 Å². The van der Waals surface area contributed by atoms with Crippen molar-refractivity contribution in [1.82, 2.24) is 14.3 Å². The number of hydrogen-bond donors (Lipinski definition) is 0. The molecule has 2 aliphatic heterocycles. The van der Waals surface area contributed by atoms with Gasteiger partial charge in [0.2, 0.25) is 0 Å². The molecule has 162 valence electrons. The molecule has 2 aliphatic rings. The third-order valence-electron chi connectivity index (χ3n) is 6.09. The van der Waals surface area contributed by atoms with Gasteiger partial charge in [0.25, 0.3) is 11.5 Å². The van der Waals surface area contributed by atoms with Crippen LogP contribution in [0.15, 0.2) is 28.7 Å². The van der Waals surface area contributed by atoms with E-state index in [4.69, 9.17) is 9.72 Å². The summed E-state index contributed by atoms with van der Waals surface area (Å²) in [5, 5.41) is 9.73. The zero-order chi connectivity index (χ0) is 22.0. The van der Waals surface area contributed by atoms with Gasteiger partial charge in [0.1, 0.15) is 23.1 Å². The van der Waals surface area contributed by atoms with Crippen LogP contribution in [-0.2, 0) is 9.53 Å². The van der Waals surface area contributed by atoms with Gasteiger partial charge in [0.15, 0.2) is 0 Å². The minimum atomic E-state index is -0.377. The quantitative estimate of drug-likeness (QED) is 0.556. The summed E-state index contributed by atoms with van der Waals surface area (Å²) in [6.07, 6.45) is 5.12. The molecule has 0 saturated carbocycles. The first-order valence-corrected chi connectivity index (χ1v) is 10.8. The Morgan fingerprint density at radius 3 is 2.65 bits per heavy atom. The largest absolute Gasteiger partial charge is 0.378 e. The number of nitrogens with zero attached hydrogens (tertiary/aromatic N) is 5. The second kappa shape index (κ2) is 8.90. The van der Waals surface area contributed by atoms with Crippen LogP contribution in [0.2, 0.25) is 0 Å². The maximum Gasteiger partial charge on any atom is 0.267 e. The Labute approximate surface area is 181 Å². The van der Waals surface area contributed by atoms with E-state index in [1.165, 1.54) is 10.5 Å². The minimum Gasteiger partial charge on any atom is -0.378 e. The zero-order valence-electron chi connectivity index (χ0n) is 18.0. The first-order chi connectivity index (χ1) is 15.0. The van der Waals surface area contributed by atoms with Crippen LogP contribution in [0.25, 0.3) is 11.7 Å². The van der Waals surface area contributed by atoms with E-state index in [9.17, 15) is 14.9 Å². The summed E-state index contributed by atoms with van der Waals surface area (Å²) in [7, 11) is 0. The van der Waals surface area contributed by atoms with Crippen LogP contribution in [0.4, 0.5) is 5.82 Å². The highest BCUT2D eigenvalue weighted by atomic mass is 16.5. The van der Waals surface area contributed by atoms with Crippen molar-refractivity contribution in [1.29, 1.82) is 5.26 Å². The molecule has 2 aromatic heterocycles. The van der Waals surface area contributed by atoms with Gasteiger partial charge in [-0.1, -0.05) is 13.0 Å². The third-order valence-corrected chi connectivity index (χ3v) is 6.09. The number of nitriles is 1. The standard InChI is InChI=1S/C23H27N5O3/c1-16-5-8-26(9-6-16)21-19(23(30)28-7-3-4-17(2)20(28)25-21)14-18(15-24)22(29)27-10-12-31-13-11-27/h3-4,7,14,16H,5-6,8-13H2,1-2H3/b18-14+. The highest BCUT2D eigenvalue weighted by Crippen LogP contribution is 2.26. The molecule has 2 aromatic rings. The number of piperidine rings is 1. The van der Waals surface area contributed by atoms with Crippen molar-refractivity contribution in [2.24, 2.45) is 5.92 Å². The van der Waals surface area contributed by atoms with Gasteiger partial charge < -0.3 is 14.5 Å². The molecular formula is C23H27N5O3. The van der Waals surface area contributed by atoms with E-state index in [1.807, 2.05) is 19.1 Å². The Bertz CT molecular complexity index is 1120. The molecule has 2 fully saturated rings.